The molecular weight excluding hydrogens is 614 g/mol. The normalized spacial score (nSPS) is 12.4. The summed E-state index contributed by atoms with van der Waals surface area (Å²) in [7, 11) is 0. The molecule has 0 amide bonds. The Morgan fingerprint density at radius 2 is 1.35 bits per heavy atom. The highest BCUT2D eigenvalue weighted by Crippen LogP contribution is 2.22. The minimum absolute atomic E-state index is 0.0208. The first-order chi connectivity index (χ1) is 22.2. The van der Waals surface area contributed by atoms with Gasteiger partial charge in [-0.05, 0) is 54.9 Å². The lowest BCUT2D eigenvalue weighted by atomic mass is 10.1. The van der Waals surface area contributed by atoms with Gasteiger partial charge < -0.3 is 45.5 Å². The van der Waals surface area contributed by atoms with E-state index in [1.54, 1.807) is 0 Å². The molecule has 1 aromatic heterocycles. The largest absolute Gasteiger partial charge is 0.399 e. The Labute approximate surface area is 278 Å². The summed E-state index contributed by atoms with van der Waals surface area (Å²) in [4.78, 5) is 15.1. The second-order valence-electron chi connectivity index (χ2n) is 11.1. The molecule has 14 heteroatoms. The lowest BCUT2D eigenvalue weighted by Crippen LogP contribution is -2.33. The molecule has 0 aliphatic heterocycles. The fourth-order valence-electron chi connectivity index (χ4n) is 4.17. The number of nitrogen functional groups attached to an aromatic ring is 2. The number of aliphatic hydroxyl groups is 2. The maximum atomic E-state index is 10.1. The molecule has 2 atom stereocenters. The fourth-order valence-corrected chi connectivity index (χ4v) is 4.67. The molecule has 0 spiro atoms. The van der Waals surface area contributed by atoms with Crippen molar-refractivity contribution in [1.82, 2.24) is 4.98 Å². The number of hydrogen-bond donors (Lipinski definition) is 4. The van der Waals surface area contributed by atoms with E-state index in [-0.39, 0.29) is 23.3 Å². The third-order valence-electron chi connectivity index (χ3n) is 6.85. The molecule has 264 valence electrons. The maximum Gasteiger partial charge on any atom is 0.345 e. The molecule has 2 unspecified atom stereocenters. The van der Waals surface area contributed by atoms with Crippen molar-refractivity contribution in [3.05, 3.63) is 40.1 Å². The van der Waals surface area contributed by atoms with E-state index in [4.69, 9.17) is 30.4 Å². The summed E-state index contributed by atoms with van der Waals surface area (Å²) in [5.41, 5.74) is 13.9. The first-order valence-corrected chi connectivity index (χ1v) is 17.1. The highest BCUT2D eigenvalue weighted by Gasteiger charge is 2.11. The van der Waals surface area contributed by atoms with Crippen LogP contribution < -0.4 is 16.4 Å². The predicted octanol–water partition coefficient (Wildman–Crippen LogP) is 4.97. The third-order valence-corrected chi connectivity index (χ3v) is 7.62. The number of hydrogen-bond acceptors (Lipinski definition) is 13. The van der Waals surface area contributed by atoms with Gasteiger partial charge in [-0.15, -0.1) is 0 Å². The van der Waals surface area contributed by atoms with E-state index < -0.39 is 17.1 Å². The number of aryl methyl sites for hydroxylation is 1. The van der Waals surface area contributed by atoms with Crippen molar-refractivity contribution in [1.29, 1.82) is 0 Å². The van der Waals surface area contributed by atoms with E-state index in [9.17, 15) is 20.3 Å². The van der Waals surface area contributed by atoms with Crippen molar-refractivity contribution in [2.24, 2.45) is 0 Å². The molecule has 13 nitrogen and oxygen atoms in total. The smallest absolute Gasteiger partial charge is 0.345 e. The van der Waals surface area contributed by atoms with Gasteiger partial charge in [-0.2, -0.15) is 0 Å². The van der Waals surface area contributed by atoms with Crippen LogP contribution in [0.2, 0.25) is 0 Å². The Bertz CT molecular complexity index is 1020. The average molecular weight is 672 g/mol. The number of unbranched alkanes of at least 4 members (excludes halogenated alkanes) is 6. The van der Waals surface area contributed by atoms with E-state index in [0.29, 0.717) is 52.7 Å². The van der Waals surface area contributed by atoms with Gasteiger partial charge in [-0.1, -0.05) is 52.4 Å². The van der Waals surface area contributed by atoms with Crippen LogP contribution in [0, 0.1) is 17.0 Å². The monoisotopic (exact) mass is 671 g/mol. The Morgan fingerprint density at radius 3 is 1.74 bits per heavy atom. The van der Waals surface area contributed by atoms with Crippen molar-refractivity contribution >= 4 is 32.8 Å². The summed E-state index contributed by atoms with van der Waals surface area (Å²) in [5.74, 6) is 0. The zero-order valence-corrected chi connectivity index (χ0v) is 28.8. The first-order valence-electron chi connectivity index (χ1n) is 16.3. The van der Waals surface area contributed by atoms with Crippen LogP contribution in [0.1, 0.15) is 70.8 Å². The van der Waals surface area contributed by atoms with Crippen LogP contribution >= 0.6 is 11.3 Å². The van der Waals surface area contributed by atoms with Gasteiger partial charge in [0.05, 0.1) is 44.6 Å². The number of aliphatic hydroxyl groups excluding tert-OH is 2. The number of anilines is 3. The van der Waals surface area contributed by atoms with Crippen LogP contribution in [0.4, 0.5) is 21.5 Å². The number of nitro groups is 1. The van der Waals surface area contributed by atoms with E-state index in [2.05, 4.69) is 29.8 Å². The Hall–Kier alpha value is -2.59. The van der Waals surface area contributed by atoms with Crippen molar-refractivity contribution in [2.75, 3.05) is 82.3 Å². The maximum absolute atomic E-state index is 10.1. The second kappa shape index (κ2) is 26.5. The summed E-state index contributed by atoms with van der Waals surface area (Å²) in [6.45, 7) is 11.0. The van der Waals surface area contributed by atoms with Crippen molar-refractivity contribution < 1.29 is 34.1 Å². The summed E-state index contributed by atoms with van der Waals surface area (Å²) >= 11 is 0.863. The molecule has 0 fully saturated rings. The van der Waals surface area contributed by atoms with E-state index in [1.165, 1.54) is 38.5 Å². The number of nitrogens with zero attached hydrogens (tertiary/aromatic N) is 3. The molecule has 6 N–H and O–H groups in total. The van der Waals surface area contributed by atoms with Crippen LogP contribution in [0.25, 0.3) is 0 Å². The Kier molecular flexibility index (Phi) is 23.8. The van der Waals surface area contributed by atoms with Crippen molar-refractivity contribution in [3.8, 4) is 0 Å². The number of aromatic nitrogens is 1. The molecule has 0 saturated heterocycles. The summed E-state index contributed by atoms with van der Waals surface area (Å²) in [5, 5.41) is 30.4. The van der Waals surface area contributed by atoms with Gasteiger partial charge >= 0.3 is 5.00 Å². The van der Waals surface area contributed by atoms with Crippen LogP contribution in [0.5, 0.6) is 0 Å². The molecule has 0 aliphatic carbocycles. The summed E-state index contributed by atoms with van der Waals surface area (Å²) in [6.07, 6.45) is 9.12. The van der Waals surface area contributed by atoms with E-state index >= 15 is 0 Å². The van der Waals surface area contributed by atoms with Crippen LogP contribution in [0.15, 0.2) is 24.4 Å². The van der Waals surface area contributed by atoms with Gasteiger partial charge in [-0.25, -0.2) is 4.98 Å². The Balaban J connectivity index is 0.00000100. The molecule has 0 saturated carbocycles. The van der Waals surface area contributed by atoms with Crippen LogP contribution in [-0.4, -0.2) is 98.3 Å². The van der Waals surface area contributed by atoms with E-state index in [0.717, 1.165) is 47.3 Å². The fraction of sp³-hybridized carbons (Fsp3) is 0.719. The molecule has 0 bridgehead atoms. The van der Waals surface area contributed by atoms with Gasteiger partial charge in [0, 0.05) is 37.7 Å². The highest BCUT2D eigenvalue weighted by atomic mass is 32.1. The number of benzene rings is 1. The Morgan fingerprint density at radius 1 is 0.848 bits per heavy atom. The van der Waals surface area contributed by atoms with E-state index in [1.807, 2.05) is 19.1 Å². The van der Waals surface area contributed by atoms with Crippen molar-refractivity contribution in [2.45, 2.75) is 84.3 Å². The summed E-state index contributed by atoms with van der Waals surface area (Å²) < 4.78 is 22.5. The number of rotatable bonds is 26. The molecule has 46 heavy (non-hydrogen) atoms. The zero-order chi connectivity index (χ0) is 34.0. The molecule has 1 heterocycles. The molecule has 0 aliphatic rings. The minimum atomic E-state index is -0.628. The van der Waals surface area contributed by atoms with Gasteiger partial charge in [-0.3, -0.25) is 10.1 Å². The van der Waals surface area contributed by atoms with Gasteiger partial charge in [0.2, 0.25) is 0 Å². The third kappa shape index (κ3) is 20.5. The number of nitrogens with two attached hydrogens (primary N) is 2. The molecular formula is C32H57N5O8S. The predicted molar refractivity (Wildman–Crippen MR) is 185 cm³/mol. The molecule has 1 aromatic carbocycles. The standard InChI is InChI=1S/C29H54N2O6.C3H3N3O2S/c1-4-6-8-10-16-34-21-27(32)23-36-18-14-31(26-12-13-29(30)25(3)20-26)15-19-37-24-28(33)22-35-17-11-9-7-5-2;4-3-5-1-2(9-3)6(7)8/h12-13,20,27-28,32-33H,4-11,14-19,21-24,30H2,1-3H3;1H,(H2,4,5). The highest BCUT2D eigenvalue weighted by molar-refractivity contribution is 7.18. The topological polar surface area (TPSA) is 189 Å². The van der Waals surface area contributed by atoms with Crippen LogP contribution in [0.3, 0.4) is 0 Å². The molecule has 2 aromatic rings. The SMILES string of the molecule is CCCCCCOCC(O)COCCN(CCOCC(O)COCCCCCC)c1ccc(N)c(C)c1.Nc1ncc([N+](=O)[O-])s1. The quantitative estimate of drug-likeness (QED) is 0.0456. The van der Waals surface area contributed by atoms with Gasteiger partial charge in [0.1, 0.15) is 18.4 Å². The van der Waals surface area contributed by atoms with Gasteiger partial charge in [0.15, 0.2) is 5.13 Å². The lowest BCUT2D eigenvalue weighted by Gasteiger charge is -2.26. The average Bonchev–Trinajstić information content (AvgIpc) is 3.48. The molecule has 2 rings (SSSR count). The van der Waals surface area contributed by atoms with Crippen molar-refractivity contribution in [3.63, 3.8) is 0 Å². The van der Waals surface area contributed by atoms with Crippen LogP contribution in [-0.2, 0) is 18.9 Å². The minimum Gasteiger partial charge on any atom is -0.399 e. The van der Waals surface area contributed by atoms with Gasteiger partial charge in [0.25, 0.3) is 0 Å². The summed E-state index contributed by atoms with van der Waals surface area (Å²) in [6, 6.07) is 5.95. The zero-order valence-electron chi connectivity index (χ0n) is 27.9. The lowest BCUT2D eigenvalue weighted by molar-refractivity contribution is -0.380. The number of thiazole rings is 1. The molecule has 0 radical (unpaired) electrons. The second-order valence-corrected chi connectivity index (χ2v) is 12.1. The first kappa shape index (κ1) is 41.4. The number of ether oxygens (including phenoxy) is 4.